The van der Waals surface area contributed by atoms with E-state index in [0.29, 0.717) is 35.1 Å². The zero-order valence-electron chi connectivity index (χ0n) is 16.4. The molecule has 0 radical (unpaired) electrons. The van der Waals surface area contributed by atoms with Crippen molar-refractivity contribution >= 4 is 22.9 Å². The van der Waals surface area contributed by atoms with Crippen LogP contribution in [0.2, 0.25) is 0 Å². The Hall–Kier alpha value is -3.50. The summed E-state index contributed by atoms with van der Waals surface area (Å²) in [6.07, 6.45) is 0. The number of benzene rings is 2. The van der Waals surface area contributed by atoms with Gasteiger partial charge in [-0.05, 0) is 53.6 Å². The number of ether oxygens (including phenoxy) is 2. The van der Waals surface area contributed by atoms with E-state index in [4.69, 9.17) is 14.3 Å². The van der Waals surface area contributed by atoms with Crippen molar-refractivity contribution in [1.29, 1.82) is 0 Å². The number of rotatable bonds is 6. The molecule has 7 heteroatoms. The topological polar surface area (TPSA) is 61.1 Å². The normalized spacial score (nSPS) is 9.90. The van der Waals surface area contributed by atoms with Crippen molar-refractivity contribution in [2.45, 2.75) is 20.5 Å². The summed E-state index contributed by atoms with van der Waals surface area (Å²) in [5.41, 5.74) is 3.21. The van der Waals surface area contributed by atoms with E-state index in [9.17, 15) is 4.79 Å². The summed E-state index contributed by atoms with van der Waals surface area (Å²) in [6.45, 7) is 3.81. The van der Waals surface area contributed by atoms with Gasteiger partial charge in [-0.25, -0.2) is 0 Å². The standard InChI is InChI=1S/C22H20N2O4S/c1-15-20(24-16(2)25)5-4-6-21(15)28-22-11-19(8-7-18(22)12-23-26-3)27-13-17-9-10-29-14-17/h4-11,14H,13H2,1-3H3/p+1. The Bertz CT molecular complexity index is 1050. The maximum Gasteiger partial charge on any atom is 0.392 e. The van der Waals surface area contributed by atoms with Crippen LogP contribution in [0.25, 0.3) is 5.01 Å². The number of carbonyl (C=O) groups excluding carboxylic acids is 1. The third kappa shape index (κ3) is 5.50. The number of hydrogen-bond acceptors (Lipinski definition) is 5. The SMILES string of the molecule is CO[N+]#Cc1ccc(OCc2ccsc2)cc1Oc1cccc(NC(C)=O)c1C. The Morgan fingerprint density at radius 3 is 2.79 bits per heavy atom. The van der Waals surface area contributed by atoms with Crippen molar-refractivity contribution in [2.75, 3.05) is 12.4 Å². The number of amides is 1. The van der Waals surface area contributed by atoms with E-state index in [1.807, 2.05) is 48.0 Å². The predicted molar refractivity (Wildman–Crippen MR) is 114 cm³/mol. The quantitative estimate of drug-likeness (QED) is 0.536. The van der Waals surface area contributed by atoms with Crippen molar-refractivity contribution < 1.29 is 19.1 Å². The molecule has 0 aliphatic carbocycles. The van der Waals surface area contributed by atoms with Crippen LogP contribution in [0.4, 0.5) is 5.69 Å². The van der Waals surface area contributed by atoms with Gasteiger partial charge in [-0.1, -0.05) is 6.07 Å². The van der Waals surface area contributed by atoms with Gasteiger partial charge < -0.3 is 14.8 Å². The summed E-state index contributed by atoms with van der Waals surface area (Å²) < 4.78 is 12.0. The highest BCUT2D eigenvalue weighted by Crippen LogP contribution is 2.34. The summed E-state index contributed by atoms with van der Waals surface area (Å²) in [6, 6.07) is 15.7. The molecular weight excluding hydrogens is 388 g/mol. The molecule has 1 N–H and O–H groups in total. The van der Waals surface area contributed by atoms with Crippen LogP contribution in [-0.4, -0.2) is 13.0 Å². The Balaban J connectivity index is 1.89. The van der Waals surface area contributed by atoms with Gasteiger partial charge in [0.15, 0.2) is 18.4 Å². The average Bonchev–Trinajstić information content (AvgIpc) is 3.22. The molecule has 6 nitrogen and oxygen atoms in total. The van der Waals surface area contributed by atoms with Gasteiger partial charge in [0.25, 0.3) is 0 Å². The van der Waals surface area contributed by atoms with E-state index in [1.54, 1.807) is 23.5 Å². The summed E-state index contributed by atoms with van der Waals surface area (Å²) >= 11 is 1.63. The van der Waals surface area contributed by atoms with Crippen LogP contribution in [0.5, 0.6) is 17.2 Å². The molecule has 29 heavy (non-hydrogen) atoms. The molecule has 1 heterocycles. The lowest BCUT2D eigenvalue weighted by atomic mass is 10.1. The molecule has 0 aliphatic rings. The predicted octanol–water partition coefficient (Wildman–Crippen LogP) is 5.63. The van der Waals surface area contributed by atoms with Gasteiger partial charge in [-0.2, -0.15) is 16.2 Å². The van der Waals surface area contributed by atoms with Crippen LogP contribution in [0.1, 0.15) is 23.6 Å². The van der Waals surface area contributed by atoms with Gasteiger partial charge in [0.05, 0.1) is 0 Å². The van der Waals surface area contributed by atoms with Gasteiger partial charge in [0, 0.05) is 24.2 Å². The zero-order valence-corrected chi connectivity index (χ0v) is 17.2. The first-order valence-corrected chi connectivity index (χ1v) is 9.83. The van der Waals surface area contributed by atoms with Crippen LogP contribution >= 0.6 is 11.3 Å². The summed E-state index contributed by atoms with van der Waals surface area (Å²) in [5.74, 6) is 1.63. The number of carbonyl (C=O) groups is 1. The van der Waals surface area contributed by atoms with Gasteiger partial charge in [-0.3, -0.25) is 4.79 Å². The lowest BCUT2D eigenvalue weighted by Gasteiger charge is -2.14. The summed E-state index contributed by atoms with van der Waals surface area (Å²) in [5, 5.41) is 10.6. The molecule has 1 aromatic heterocycles. The number of hydrogen-bond donors (Lipinski definition) is 1. The fourth-order valence-corrected chi connectivity index (χ4v) is 3.23. The minimum Gasteiger partial charge on any atom is -0.489 e. The van der Waals surface area contributed by atoms with E-state index < -0.39 is 0 Å². The van der Waals surface area contributed by atoms with Gasteiger partial charge >= 0.3 is 6.07 Å². The van der Waals surface area contributed by atoms with Crippen molar-refractivity contribution in [2.24, 2.45) is 0 Å². The van der Waals surface area contributed by atoms with E-state index >= 15 is 0 Å². The first-order valence-electron chi connectivity index (χ1n) is 8.89. The molecule has 3 rings (SSSR count). The van der Waals surface area contributed by atoms with E-state index in [2.05, 4.69) is 16.4 Å². The van der Waals surface area contributed by atoms with Crippen molar-refractivity contribution in [1.82, 2.24) is 0 Å². The van der Waals surface area contributed by atoms with Crippen LogP contribution in [0.15, 0.2) is 53.2 Å². The Morgan fingerprint density at radius 2 is 2.07 bits per heavy atom. The molecule has 0 bridgehead atoms. The van der Waals surface area contributed by atoms with Crippen LogP contribution < -0.4 is 14.8 Å². The number of anilines is 1. The first-order chi connectivity index (χ1) is 14.1. The van der Waals surface area contributed by atoms with Gasteiger partial charge in [0.2, 0.25) is 10.9 Å². The monoisotopic (exact) mass is 409 g/mol. The minimum absolute atomic E-state index is 0.143. The molecule has 0 saturated heterocycles. The molecule has 0 spiro atoms. The molecular formula is C22H21N2O4S+. The molecule has 0 saturated carbocycles. The second-order valence-electron chi connectivity index (χ2n) is 6.18. The highest BCUT2D eigenvalue weighted by molar-refractivity contribution is 7.07. The molecule has 0 atom stereocenters. The van der Waals surface area contributed by atoms with Crippen molar-refractivity contribution in [3.63, 3.8) is 0 Å². The Kier molecular flexibility index (Phi) is 6.72. The maximum atomic E-state index is 11.4. The van der Waals surface area contributed by atoms with Gasteiger partial charge in [0.1, 0.15) is 18.1 Å². The minimum atomic E-state index is -0.143. The summed E-state index contributed by atoms with van der Waals surface area (Å²) in [4.78, 5) is 16.2. The lowest BCUT2D eigenvalue weighted by molar-refractivity contribution is -0.114. The molecule has 0 fully saturated rings. The molecule has 1 amide bonds. The average molecular weight is 409 g/mol. The molecule has 0 aliphatic heterocycles. The van der Waals surface area contributed by atoms with Gasteiger partial charge in [-0.15, -0.1) is 0 Å². The van der Waals surface area contributed by atoms with E-state index in [0.717, 1.165) is 11.1 Å². The number of thiophene rings is 1. The fourth-order valence-electron chi connectivity index (χ4n) is 2.57. The smallest absolute Gasteiger partial charge is 0.392 e. The number of nitrogens with one attached hydrogen (secondary N) is 1. The largest absolute Gasteiger partial charge is 0.489 e. The Morgan fingerprint density at radius 1 is 1.21 bits per heavy atom. The highest BCUT2D eigenvalue weighted by Gasteiger charge is 2.14. The third-order valence-electron chi connectivity index (χ3n) is 4.01. The second kappa shape index (κ2) is 9.62. The maximum absolute atomic E-state index is 11.4. The lowest BCUT2D eigenvalue weighted by Crippen LogP contribution is -2.07. The van der Waals surface area contributed by atoms with Crippen molar-refractivity contribution in [3.8, 4) is 23.3 Å². The van der Waals surface area contributed by atoms with Crippen LogP contribution in [-0.2, 0) is 16.2 Å². The highest BCUT2D eigenvalue weighted by atomic mass is 32.1. The van der Waals surface area contributed by atoms with E-state index in [-0.39, 0.29) is 5.91 Å². The first kappa shape index (κ1) is 20.2. The summed E-state index contributed by atoms with van der Waals surface area (Å²) in [7, 11) is 1.45. The molecule has 0 unspecified atom stereocenters. The number of nitrogens with zero attached hydrogens (tertiary/aromatic N) is 1. The molecule has 2 aromatic carbocycles. The molecule has 3 aromatic rings. The van der Waals surface area contributed by atoms with Crippen LogP contribution in [0, 0.1) is 13.0 Å². The zero-order chi connectivity index (χ0) is 20.6. The third-order valence-corrected chi connectivity index (χ3v) is 4.74. The fraction of sp³-hybridized carbons (Fsp3) is 0.182. The van der Waals surface area contributed by atoms with E-state index in [1.165, 1.54) is 14.0 Å². The van der Waals surface area contributed by atoms with Crippen LogP contribution in [0.3, 0.4) is 0 Å². The second-order valence-corrected chi connectivity index (χ2v) is 6.96. The molecule has 148 valence electrons. The van der Waals surface area contributed by atoms with Crippen molar-refractivity contribution in [3.05, 3.63) is 74.9 Å². The Labute approximate surface area is 173 Å².